The second-order valence-electron chi connectivity index (χ2n) is 5.67. The lowest BCUT2D eigenvalue weighted by atomic mass is 9.89. The molecule has 1 fully saturated rings. The molecule has 1 aromatic carbocycles. The maximum absolute atomic E-state index is 11.9. The molecule has 1 saturated carbocycles. The van der Waals surface area contributed by atoms with Crippen LogP contribution in [0.25, 0.3) is 0 Å². The highest BCUT2D eigenvalue weighted by molar-refractivity contribution is 5.90. The van der Waals surface area contributed by atoms with Gasteiger partial charge in [0.2, 0.25) is 0 Å². The van der Waals surface area contributed by atoms with E-state index in [1.807, 2.05) is 26.0 Å². The molecule has 1 aliphatic rings. The SMILES string of the molecule is Cc1ccc(C(=O)OOC2CCC(C)CC2)c(C)c1. The first-order valence-corrected chi connectivity index (χ1v) is 7.01. The molecule has 0 aromatic heterocycles. The van der Waals surface area contributed by atoms with E-state index in [0.29, 0.717) is 5.56 Å². The van der Waals surface area contributed by atoms with Crippen molar-refractivity contribution in [1.82, 2.24) is 0 Å². The Bertz CT molecular complexity index is 445. The third-order valence-corrected chi connectivity index (χ3v) is 3.82. The first kappa shape index (κ1) is 14.1. The smallest absolute Gasteiger partial charge is 0.293 e. The molecule has 0 amide bonds. The lowest BCUT2D eigenvalue weighted by molar-refractivity contribution is -0.280. The van der Waals surface area contributed by atoms with Gasteiger partial charge in [-0.05, 0) is 57.1 Å². The average molecular weight is 262 g/mol. The summed E-state index contributed by atoms with van der Waals surface area (Å²) in [6.45, 7) is 6.16. The van der Waals surface area contributed by atoms with E-state index in [0.717, 1.165) is 42.7 Å². The minimum Gasteiger partial charge on any atom is -0.293 e. The summed E-state index contributed by atoms with van der Waals surface area (Å²) >= 11 is 0. The number of aryl methyl sites for hydroxylation is 2. The predicted octanol–water partition coefficient (Wildman–Crippen LogP) is 3.97. The number of benzene rings is 1. The van der Waals surface area contributed by atoms with Crippen LogP contribution in [0.2, 0.25) is 0 Å². The highest BCUT2D eigenvalue weighted by Crippen LogP contribution is 2.26. The highest BCUT2D eigenvalue weighted by atomic mass is 17.2. The summed E-state index contributed by atoms with van der Waals surface area (Å²) < 4.78 is 0. The van der Waals surface area contributed by atoms with Crippen LogP contribution in [0.4, 0.5) is 0 Å². The predicted molar refractivity (Wildman–Crippen MR) is 73.8 cm³/mol. The molecule has 104 valence electrons. The van der Waals surface area contributed by atoms with E-state index in [-0.39, 0.29) is 6.10 Å². The summed E-state index contributed by atoms with van der Waals surface area (Å²) in [6, 6.07) is 5.67. The van der Waals surface area contributed by atoms with E-state index in [2.05, 4.69) is 6.92 Å². The molecule has 0 unspecified atom stereocenters. The molecule has 0 heterocycles. The molecule has 1 aliphatic carbocycles. The quantitative estimate of drug-likeness (QED) is 0.610. The summed E-state index contributed by atoms with van der Waals surface area (Å²) in [5, 5.41) is 0. The number of carbonyl (C=O) groups is 1. The molecule has 0 aliphatic heterocycles. The van der Waals surface area contributed by atoms with Gasteiger partial charge in [-0.1, -0.05) is 24.6 Å². The van der Waals surface area contributed by atoms with E-state index >= 15 is 0 Å². The Morgan fingerprint density at radius 2 is 1.84 bits per heavy atom. The molecule has 0 saturated heterocycles. The molecule has 0 spiro atoms. The Morgan fingerprint density at radius 1 is 1.16 bits per heavy atom. The molecule has 3 nitrogen and oxygen atoms in total. The van der Waals surface area contributed by atoms with Crippen LogP contribution in [0, 0.1) is 19.8 Å². The Morgan fingerprint density at radius 3 is 2.47 bits per heavy atom. The zero-order valence-electron chi connectivity index (χ0n) is 11.9. The molecule has 0 N–H and O–H groups in total. The van der Waals surface area contributed by atoms with Crippen LogP contribution in [0.15, 0.2) is 18.2 Å². The van der Waals surface area contributed by atoms with E-state index in [4.69, 9.17) is 9.78 Å². The summed E-state index contributed by atoms with van der Waals surface area (Å²) in [5.74, 6) is 0.367. The maximum Gasteiger partial charge on any atom is 0.373 e. The van der Waals surface area contributed by atoms with Gasteiger partial charge in [-0.15, -0.1) is 0 Å². The summed E-state index contributed by atoms with van der Waals surface area (Å²) in [4.78, 5) is 22.2. The molecule has 0 radical (unpaired) electrons. The molecule has 0 atom stereocenters. The van der Waals surface area contributed by atoms with Crippen molar-refractivity contribution >= 4 is 5.97 Å². The van der Waals surface area contributed by atoms with Crippen molar-refractivity contribution in [3.05, 3.63) is 34.9 Å². The zero-order chi connectivity index (χ0) is 13.8. The molecule has 0 bridgehead atoms. The fourth-order valence-corrected chi connectivity index (χ4v) is 2.52. The van der Waals surface area contributed by atoms with Crippen LogP contribution in [-0.2, 0) is 9.78 Å². The van der Waals surface area contributed by atoms with Crippen LogP contribution in [0.5, 0.6) is 0 Å². The van der Waals surface area contributed by atoms with Crippen LogP contribution in [0.3, 0.4) is 0 Å². The average Bonchev–Trinajstić information content (AvgIpc) is 2.37. The van der Waals surface area contributed by atoms with E-state index in [9.17, 15) is 4.79 Å². The van der Waals surface area contributed by atoms with Gasteiger partial charge < -0.3 is 0 Å². The van der Waals surface area contributed by atoms with Crippen molar-refractivity contribution in [2.75, 3.05) is 0 Å². The lowest BCUT2D eigenvalue weighted by Crippen LogP contribution is -2.22. The Balaban J connectivity index is 1.87. The van der Waals surface area contributed by atoms with Crippen LogP contribution >= 0.6 is 0 Å². The molecule has 3 heteroatoms. The van der Waals surface area contributed by atoms with Gasteiger partial charge in [0.1, 0.15) is 6.10 Å². The van der Waals surface area contributed by atoms with Gasteiger partial charge in [-0.2, -0.15) is 4.89 Å². The number of hydrogen-bond acceptors (Lipinski definition) is 3. The summed E-state index contributed by atoms with van der Waals surface area (Å²) in [7, 11) is 0. The largest absolute Gasteiger partial charge is 0.373 e. The molecular weight excluding hydrogens is 240 g/mol. The third-order valence-electron chi connectivity index (χ3n) is 3.82. The molecular formula is C16H22O3. The van der Waals surface area contributed by atoms with E-state index < -0.39 is 5.97 Å². The van der Waals surface area contributed by atoms with Crippen LogP contribution in [-0.4, -0.2) is 12.1 Å². The van der Waals surface area contributed by atoms with Crippen LogP contribution in [0.1, 0.15) is 54.1 Å². The zero-order valence-corrected chi connectivity index (χ0v) is 11.9. The van der Waals surface area contributed by atoms with Gasteiger partial charge in [0.15, 0.2) is 0 Å². The Hall–Kier alpha value is -1.35. The van der Waals surface area contributed by atoms with Gasteiger partial charge in [0.25, 0.3) is 0 Å². The van der Waals surface area contributed by atoms with Crippen molar-refractivity contribution in [2.45, 2.75) is 52.6 Å². The van der Waals surface area contributed by atoms with Crippen molar-refractivity contribution in [3.63, 3.8) is 0 Å². The van der Waals surface area contributed by atoms with Gasteiger partial charge in [0.05, 0.1) is 5.56 Å². The van der Waals surface area contributed by atoms with E-state index in [1.54, 1.807) is 6.07 Å². The topological polar surface area (TPSA) is 35.5 Å². The monoisotopic (exact) mass is 262 g/mol. The Kier molecular flexibility index (Phi) is 4.59. The number of carbonyl (C=O) groups excluding carboxylic acids is 1. The lowest BCUT2D eigenvalue weighted by Gasteiger charge is -2.24. The second kappa shape index (κ2) is 6.20. The van der Waals surface area contributed by atoms with Crippen LogP contribution < -0.4 is 0 Å². The summed E-state index contributed by atoms with van der Waals surface area (Å²) in [6.07, 6.45) is 4.30. The minimum atomic E-state index is -0.392. The third kappa shape index (κ3) is 3.80. The molecule has 19 heavy (non-hydrogen) atoms. The fourth-order valence-electron chi connectivity index (χ4n) is 2.52. The first-order chi connectivity index (χ1) is 9.06. The molecule has 1 aromatic rings. The normalized spacial score (nSPS) is 23.1. The van der Waals surface area contributed by atoms with Crippen molar-refractivity contribution in [1.29, 1.82) is 0 Å². The van der Waals surface area contributed by atoms with Crippen molar-refractivity contribution in [2.24, 2.45) is 5.92 Å². The van der Waals surface area contributed by atoms with Gasteiger partial charge in [-0.3, -0.25) is 4.89 Å². The highest BCUT2D eigenvalue weighted by Gasteiger charge is 2.21. The minimum absolute atomic E-state index is 0.0610. The van der Waals surface area contributed by atoms with Gasteiger partial charge in [-0.25, -0.2) is 4.79 Å². The number of hydrogen-bond donors (Lipinski definition) is 0. The van der Waals surface area contributed by atoms with E-state index in [1.165, 1.54) is 0 Å². The van der Waals surface area contributed by atoms with Gasteiger partial charge in [0, 0.05) is 0 Å². The van der Waals surface area contributed by atoms with Crippen molar-refractivity contribution < 1.29 is 14.6 Å². The van der Waals surface area contributed by atoms with Crippen molar-refractivity contribution in [3.8, 4) is 0 Å². The fraction of sp³-hybridized carbons (Fsp3) is 0.562. The maximum atomic E-state index is 11.9. The standard InChI is InChI=1S/C16H22O3/c1-11-4-7-14(8-5-11)18-19-16(17)15-9-6-12(2)10-13(15)3/h6,9-11,14H,4-5,7-8H2,1-3H3. The second-order valence-corrected chi connectivity index (χ2v) is 5.67. The molecule has 2 rings (SSSR count). The van der Waals surface area contributed by atoms with Gasteiger partial charge >= 0.3 is 5.97 Å². The summed E-state index contributed by atoms with van der Waals surface area (Å²) in [5.41, 5.74) is 2.64. The first-order valence-electron chi connectivity index (χ1n) is 7.01. The number of rotatable bonds is 3. The Labute approximate surface area is 114 Å².